The van der Waals surface area contributed by atoms with E-state index in [0.717, 1.165) is 17.0 Å². The molecule has 122 valence electrons. The van der Waals surface area contributed by atoms with Crippen LogP contribution < -0.4 is 15.4 Å². The van der Waals surface area contributed by atoms with Gasteiger partial charge in [-0.25, -0.2) is 0 Å². The van der Waals surface area contributed by atoms with Crippen LogP contribution >= 0.6 is 0 Å². The van der Waals surface area contributed by atoms with Crippen molar-refractivity contribution in [1.82, 2.24) is 5.32 Å². The molecule has 2 aromatic carbocycles. The number of methoxy groups -OCH3 is 1. The first kappa shape index (κ1) is 16.9. The maximum Gasteiger partial charge on any atom is 0.222 e. The number of anilines is 1. The number of rotatable bonds is 7. The molecule has 0 fully saturated rings. The van der Waals surface area contributed by atoms with Crippen molar-refractivity contribution < 1.29 is 9.53 Å². The van der Waals surface area contributed by atoms with Crippen molar-refractivity contribution in [2.45, 2.75) is 26.8 Å². The van der Waals surface area contributed by atoms with Crippen LogP contribution in [0, 0.1) is 13.8 Å². The lowest BCUT2D eigenvalue weighted by molar-refractivity contribution is -0.121. The van der Waals surface area contributed by atoms with Gasteiger partial charge in [-0.1, -0.05) is 35.9 Å². The van der Waals surface area contributed by atoms with Crippen molar-refractivity contribution in [3.05, 3.63) is 59.2 Å². The maximum absolute atomic E-state index is 12.0. The second-order valence-electron chi connectivity index (χ2n) is 5.58. The van der Waals surface area contributed by atoms with E-state index in [4.69, 9.17) is 4.74 Å². The summed E-state index contributed by atoms with van der Waals surface area (Å²) in [7, 11) is 1.63. The van der Waals surface area contributed by atoms with Crippen LogP contribution in [0.15, 0.2) is 42.5 Å². The van der Waals surface area contributed by atoms with Crippen LogP contribution in [0.5, 0.6) is 5.75 Å². The molecular formula is C19H24N2O2. The van der Waals surface area contributed by atoms with Gasteiger partial charge < -0.3 is 15.4 Å². The van der Waals surface area contributed by atoms with Crippen LogP contribution in [0.2, 0.25) is 0 Å². The number of nitrogens with one attached hydrogen (secondary N) is 2. The quantitative estimate of drug-likeness (QED) is 0.823. The number of carbonyl (C=O) groups excluding carboxylic acids is 1. The van der Waals surface area contributed by atoms with Crippen molar-refractivity contribution in [3.8, 4) is 5.75 Å². The van der Waals surface area contributed by atoms with E-state index < -0.39 is 0 Å². The molecule has 0 aromatic heterocycles. The fourth-order valence-corrected chi connectivity index (χ4v) is 2.45. The van der Waals surface area contributed by atoms with E-state index in [1.165, 1.54) is 11.1 Å². The zero-order chi connectivity index (χ0) is 16.7. The summed E-state index contributed by atoms with van der Waals surface area (Å²) < 4.78 is 5.28. The fourth-order valence-electron chi connectivity index (χ4n) is 2.45. The predicted octanol–water partition coefficient (Wildman–Crippen LogP) is 3.43. The Morgan fingerprint density at radius 3 is 2.65 bits per heavy atom. The molecule has 0 saturated heterocycles. The topological polar surface area (TPSA) is 50.4 Å². The first-order valence-electron chi connectivity index (χ1n) is 7.80. The van der Waals surface area contributed by atoms with Crippen molar-refractivity contribution in [3.63, 3.8) is 0 Å². The third kappa shape index (κ3) is 5.02. The number of hydrogen-bond acceptors (Lipinski definition) is 3. The molecule has 2 rings (SSSR count). The minimum Gasteiger partial charge on any atom is -0.496 e. The number of benzene rings is 2. The highest BCUT2D eigenvalue weighted by atomic mass is 16.5. The Labute approximate surface area is 137 Å². The van der Waals surface area contributed by atoms with Crippen molar-refractivity contribution in [1.29, 1.82) is 0 Å². The van der Waals surface area contributed by atoms with Gasteiger partial charge in [-0.15, -0.1) is 0 Å². The highest BCUT2D eigenvalue weighted by molar-refractivity contribution is 5.76. The van der Waals surface area contributed by atoms with E-state index >= 15 is 0 Å². The van der Waals surface area contributed by atoms with Gasteiger partial charge in [-0.05, 0) is 31.5 Å². The smallest absolute Gasteiger partial charge is 0.222 e. The first-order chi connectivity index (χ1) is 11.1. The van der Waals surface area contributed by atoms with E-state index in [2.05, 4.69) is 42.7 Å². The van der Waals surface area contributed by atoms with Crippen LogP contribution in [-0.4, -0.2) is 19.6 Å². The van der Waals surface area contributed by atoms with Gasteiger partial charge in [0, 0.05) is 30.8 Å². The first-order valence-corrected chi connectivity index (χ1v) is 7.80. The summed E-state index contributed by atoms with van der Waals surface area (Å²) in [5.41, 5.74) is 4.49. The zero-order valence-corrected chi connectivity index (χ0v) is 14.0. The van der Waals surface area contributed by atoms with Crippen molar-refractivity contribution in [2.24, 2.45) is 0 Å². The van der Waals surface area contributed by atoms with Gasteiger partial charge in [0.1, 0.15) is 5.75 Å². The zero-order valence-electron chi connectivity index (χ0n) is 14.0. The van der Waals surface area contributed by atoms with Crippen LogP contribution in [0.1, 0.15) is 23.1 Å². The molecule has 2 aromatic rings. The number of ether oxygens (including phenoxy) is 1. The lowest BCUT2D eigenvalue weighted by atomic mass is 10.1. The summed E-state index contributed by atoms with van der Waals surface area (Å²) >= 11 is 0. The Bertz CT molecular complexity index is 668. The molecule has 0 heterocycles. The number of carbonyl (C=O) groups is 1. The maximum atomic E-state index is 12.0. The highest BCUT2D eigenvalue weighted by Crippen LogP contribution is 2.17. The van der Waals surface area contributed by atoms with Gasteiger partial charge in [-0.3, -0.25) is 4.79 Å². The molecule has 4 heteroatoms. The molecule has 0 unspecified atom stereocenters. The van der Waals surface area contributed by atoms with Crippen LogP contribution in [0.4, 0.5) is 5.69 Å². The average Bonchev–Trinajstić information content (AvgIpc) is 2.55. The third-order valence-electron chi connectivity index (χ3n) is 3.72. The van der Waals surface area contributed by atoms with Crippen molar-refractivity contribution >= 4 is 11.6 Å². The second-order valence-corrected chi connectivity index (χ2v) is 5.58. The molecule has 0 spiro atoms. The lowest BCUT2D eigenvalue weighted by Crippen LogP contribution is -2.25. The third-order valence-corrected chi connectivity index (χ3v) is 3.72. The Kier molecular flexibility index (Phi) is 6.03. The number of hydrogen-bond donors (Lipinski definition) is 2. The highest BCUT2D eigenvalue weighted by Gasteiger charge is 2.05. The van der Waals surface area contributed by atoms with E-state index in [9.17, 15) is 4.79 Å². The Hall–Kier alpha value is -2.49. The van der Waals surface area contributed by atoms with Crippen LogP contribution in [0.25, 0.3) is 0 Å². The molecular weight excluding hydrogens is 288 g/mol. The van der Waals surface area contributed by atoms with Crippen LogP contribution in [0.3, 0.4) is 0 Å². The van der Waals surface area contributed by atoms with Gasteiger partial charge >= 0.3 is 0 Å². The summed E-state index contributed by atoms with van der Waals surface area (Å²) in [6.45, 7) is 5.23. The molecule has 0 saturated carbocycles. The Morgan fingerprint density at radius 1 is 1.13 bits per heavy atom. The van der Waals surface area contributed by atoms with E-state index in [-0.39, 0.29) is 5.91 Å². The minimum absolute atomic E-state index is 0.0215. The van der Waals surface area contributed by atoms with Gasteiger partial charge in [0.25, 0.3) is 0 Å². The molecule has 4 nitrogen and oxygen atoms in total. The Balaban J connectivity index is 1.77. The lowest BCUT2D eigenvalue weighted by Gasteiger charge is -2.11. The van der Waals surface area contributed by atoms with Gasteiger partial charge in [-0.2, -0.15) is 0 Å². The van der Waals surface area contributed by atoms with Gasteiger partial charge in [0.05, 0.1) is 7.11 Å². The number of aryl methyl sites for hydroxylation is 2. The molecule has 0 aliphatic heterocycles. The van der Waals surface area contributed by atoms with E-state index in [1.807, 2.05) is 24.3 Å². The summed E-state index contributed by atoms with van der Waals surface area (Å²) in [4.78, 5) is 12.0. The summed E-state index contributed by atoms with van der Waals surface area (Å²) in [6.07, 6.45) is 0.433. The SMILES string of the molecule is COc1ccccc1CNC(=O)CCNc1ccc(C)cc1C. The monoisotopic (exact) mass is 312 g/mol. The molecule has 0 radical (unpaired) electrons. The molecule has 2 N–H and O–H groups in total. The van der Waals surface area contributed by atoms with Gasteiger partial charge in [0.2, 0.25) is 5.91 Å². The van der Waals surface area contributed by atoms with Gasteiger partial charge in [0.15, 0.2) is 0 Å². The van der Waals surface area contributed by atoms with E-state index in [1.54, 1.807) is 7.11 Å². The normalized spacial score (nSPS) is 10.2. The molecule has 0 aliphatic rings. The Morgan fingerprint density at radius 2 is 1.91 bits per heavy atom. The van der Waals surface area contributed by atoms with Crippen LogP contribution in [-0.2, 0) is 11.3 Å². The minimum atomic E-state index is 0.0215. The molecule has 0 bridgehead atoms. The molecule has 23 heavy (non-hydrogen) atoms. The fraction of sp³-hybridized carbons (Fsp3) is 0.316. The van der Waals surface area contributed by atoms with E-state index in [0.29, 0.717) is 19.5 Å². The summed E-state index contributed by atoms with van der Waals surface area (Å²) in [5.74, 6) is 0.814. The standard InChI is InChI=1S/C19H24N2O2/c1-14-8-9-17(15(2)12-14)20-11-10-19(22)21-13-16-6-4-5-7-18(16)23-3/h4-9,12,20H,10-11,13H2,1-3H3,(H,21,22). The number of para-hydroxylation sites is 1. The second kappa shape index (κ2) is 8.22. The predicted molar refractivity (Wildman–Crippen MR) is 93.9 cm³/mol. The average molecular weight is 312 g/mol. The summed E-state index contributed by atoms with van der Waals surface area (Å²) in [6, 6.07) is 13.9. The molecule has 1 amide bonds. The largest absolute Gasteiger partial charge is 0.496 e. The summed E-state index contributed by atoms with van der Waals surface area (Å²) in [5, 5.41) is 6.23. The number of amides is 1. The molecule has 0 atom stereocenters. The molecule has 0 aliphatic carbocycles. The van der Waals surface area contributed by atoms with Crippen molar-refractivity contribution in [2.75, 3.05) is 19.0 Å².